The molecule has 2 aliphatic heterocycles. The lowest BCUT2D eigenvalue weighted by Crippen LogP contribution is -2.33. The smallest absolute Gasteiger partial charge is 0.277 e. The Morgan fingerprint density at radius 3 is 2.47 bits per heavy atom. The van der Waals surface area contributed by atoms with Crippen molar-refractivity contribution in [1.82, 2.24) is 19.4 Å². The van der Waals surface area contributed by atoms with Crippen molar-refractivity contribution < 1.29 is 14.7 Å². The van der Waals surface area contributed by atoms with Gasteiger partial charge in [-0.1, -0.05) is 36.4 Å². The van der Waals surface area contributed by atoms with Crippen molar-refractivity contribution in [2.75, 3.05) is 19.7 Å². The molecule has 1 atom stereocenters. The van der Waals surface area contributed by atoms with E-state index in [1.807, 2.05) is 65.5 Å². The number of amides is 2. The van der Waals surface area contributed by atoms with Crippen molar-refractivity contribution in [1.29, 1.82) is 0 Å². The van der Waals surface area contributed by atoms with Crippen LogP contribution in [0.1, 0.15) is 18.4 Å². The lowest BCUT2D eigenvalue weighted by atomic mass is 10.1. The molecule has 1 saturated heterocycles. The first-order valence-electron chi connectivity index (χ1n) is 11.8. The highest BCUT2D eigenvalue weighted by Gasteiger charge is 2.34. The number of aliphatic hydroxyl groups excluding tert-OH is 1. The first-order valence-corrected chi connectivity index (χ1v) is 11.8. The Hall–Kier alpha value is -3.68. The Labute approximate surface area is 196 Å². The summed E-state index contributed by atoms with van der Waals surface area (Å²) >= 11 is 0. The van der Waals surface area contributed by atoms with Crippen LogP contribution in [0.15, 0.2) is 67.0 Å². The normalized spacial score (nSPS) is 19.1. The van der Waals surface area contributed by atoms with Crippen molar-refractivity contribution in [2.24, 2.45) is 0 Å². The maximum Gasteiger partial charge on any atom is 0.277 e. The van der Waals surface area contributed by atoms with Crippen molar-refractivity contribution in [2.45, 2.75) is 25.3 Å². The van der Waals surface area contributed by atoms with Gasteiger partial charge in [0.15, 0.2) is 0 Å². The Balaban J connectivity index is 1.47. The van der Waals surface area contributed by atoms with Gasteiger partial charge in [0.25, 0.3) is 11.8 Å². The van der Waals surface area contributed by atoms with Crippen LogP contribution in [-0.4, -0.2) is 56.7 Å². The third-order valence-corrected chi connectivity index (χ3v) is 7.14. The van der Waals surface area contributed by atoms with Crippen molar-refractivity contribution >= 4 is 45.0 Å². The second kappa shape index (κ2) is 8.27. The monoisotopic (exact) mass is 454 g/mol. The van der Waals surface area contributed by atoms with E-state index >= 15 is 0 Å². The Morgan fingerprint density at radius 2 is 1.65 bits per heavy atom. The summed E-state index contributed by atoms with van der Waals surface area (Å²) in [4.78, 5) is 28.4. The van der Waals surface area contributed by atoms with E-state index in [0.717, 1.165) is 59.7 Å². The van der Waals surface area contributed by atoms with Crippen LogP contribution in [0.25, 0.3) is 33.2 Å². The average molecular weight is 455 g/mol. The van der Waals surface area contributed by atoms with Gasteiger partial charge in [0.05, 0.1) is 17.6 Å². The molecular weight excluding hydrogens is 428 g/mol. The number of aliphatic hydroxyl groups is 1. The molecule has 7 nitrogen and oxygen atoms in total. The number of rotatable bonds is 6. The third kappa shape index (κ3) is 3.28. The summed E-state index contributed by atoms with van der Waals surface area (Å²) in [6.07, 6.45) is 6.77. The second-order valence-electron chi connectivity index (χ2n) is 9.03. The molecule has 2 amide bonds. The van der Waals surface area contributed by atoms with E-state index in [1.54, 1.807) is 4.57 Å². The minimum atomic E-state index is -0.400. The predicted molar refractivity (Wildman–Crippen MR) is 132 cm³/mol. The van der Waals surface area contributed by atoms with Crippen LogP contribution < -0.4 is 5.32 Å². The highest BCUT2D eigenvalue weighted by molar-refractivity contribution is 6.44. The molecule has 0 radical (unpaired) electrons. The lowest BCUT2D eigenvalue weighted by Gasteiger charge is -2.22. The number of imide groups is 1. The van der Waals surface area contributed by atoms with E-state index in [9.17, 15) is 14.7 Å². The first kappa shape index (κ1) is 20.9. The third-order valence-electron chi connectivity index (χ3n) is 7.14. The van der Waals surface area contributed by atoms with Crippen molar-refractivity contribution in [3.05, 3.63) is 72.6 Å². The molecule has 2 aromatic heterocycles. The largest absolute Gasteiger partial charge is 0.395 e. The van der Waals surface area contributed by atoms with E-state index in [-0.39, 0.29) is 12.6 Å². The van der Waals surface area contributed by atoms with Crippen LogP contribution in [0.2, 0.25) is 0 Å². The molecule has 2 aliphatic rings. The molecule has 0 saturated carbocycles. The maximum atomic E-state index is 13.1. The minimum absolute atomic E-state index is 0.186. The molecule has 1 fully saturated rings. The zero-order valence-electron chi connectivity index (χ0n) is 18.8. The molecule has 0 unspecified atom stereocenters. The number of aromatic nitrogens is 2. The van der Waals surface area contributed by atoms with Crippen LogP contribution in [0.4, 0.5) is 0 Å². The average Bonchev–Trinajstić information content (AvgIpc) is 3.62. The van der Waals surface area contributed by atoms with Crippen molar-refractivity contribution in [3.8, 4) is 0 Å². The Kier molecular flexibility index (Phi) is 5.08. The van der Waals surface area contributed by atoms with Gasteiger partial charge in [-0.05, 0) is 55.0 Å². The van der Waals surface area contributed by atoms with E-state index in [0.29, 0.717) is 11.4 Å². The van der Waals surface area contributed by atoms with Gasteiger partial charge < -0.3 is 14.2 Å². The molecule has 34 heavy (non-hydrogen) atoms. The van der Waals surface area contributed by atoms with E-state index in [4.69, 9.17) is 0 Å². The molecule has 0 spiro atoms. The molecule has 0 aliphatic carbocycles. The molecule has 6 rings (SSSR count). The zero-order chi connectivity index (χ0) is 23.2. The van der Waals surface area contributed by atoms with Crippen molar-refractivity contribution in [3.63, 3.8) is 0 Å². The van der Waals surface area contributed by atoms with Crippen LogP contribution in [0.3, 0.4) is 0 Å². The molecule has 172 valence electrons. The summed E-state index contributed by atoms with van der Waals surface area (Å²) in [5.41, 5.74) is 3.56. The van der Waals surface area contributed by atoms with Crippen LogP contribution >= 0.6 is 0 Å². The van der Waals surface area contributed by atoms with E-state index in [1.165, 1.54) is 0 Å². The predicted octanol–water partition coefficient (Wildman–Crippen LogP) is 3.08. The fourth-order valence-corrected chi connectivity index (χ4v) is 5.46. The first-order chi connectivity index (χ1) is 16.7. The number of nitrogens with zero attached hydrogens (tertiary/aromatic N) is 3. The summed E-state index contributed by atoms with van der Waals surface area (Å²) < 4.78 is 3.66. The second-order valence-corrected chi connectivity index (χ2v) is 9.03. The summed E-state index contributed by atoms with van der Waals surface area (Å²) in [6.45, 7) is 2.03. The lowest BCUT2D eigenvalue weighted by molar-refractivity contribution is -0.123. The number of hydrogen-bond acceptors (Lipinski definition) is 4. The Bertz CT molecular complexity index is 1460. The van der Waals surface area contributed by atoms with Crippen LogP contribution in [0.5, 0.6) is 0 Å². The molecule has 0 bridgehead atoms. The molecular formula is C27H26N4O3. The van der Waals surface area contributed by atoms with Gasteiger partial charge in [-0.2, -0.15) is 0 Å². The summed E-state index contributed by atoms with van der Waals surface area (Å²) in [7, 11) is 0. The van der Waals surface area contributed by atoms with Gasteiger partial charge in [-0.3, -0.25) is 19.8 Å². The topological polar surface area (TPSA) is 79.5 Å². The number of nitrogens with one attached hydrogen (secondary N) is 1. The van der Waals surface area contributed by atoms with Gasteiger partial charge in [0, 0.05) is 30.4 Å². The Morgan fingerprint density at radius 1 is 0.912 bits per heavy atom. The van der Waals surface area contributed by atoms with Gasteiger partial charge in [0.1, 0.15) is 11.4 Å². The van der Waals surface area contributed by atoms with E-state index < -0.39 is 11.8 Å². The maximum absolute atomic E-state index is 13.1. The summed E-state index contributed by atoms with van der Waals surface area (Å²) in [5, 5.41) is 14.2. The number of carbonyl (C=O) groups is 2. The molecule has 2 aromatic carbocycles. The SMILES string of the molecule is O=C1NC(=O)C(n2cc(CCN3CCC[C@@H]3CO)c3ccccc32)=C1n1ccc2ccccc21. The minimum Gasteiger partial charge on any atom is -0.395 e. The molecule has 4 heterocycles. The van der Waals surface area contributed by atoms with Gasteiger partial charge in [0.2, 0.25) is 0 Å². The van der Waals surface area contributed by atoms with Crippen LogP contribution in [0, 0.1) is 0 Å². The summed E-state index contributed by atoms with van der Waals surface area (Å²) in [5.74, 6) is -0.798. The highest BCUT2D eigenvalue weighted by atomic mass is 16.3. The fraction of sp³-hybridized carbons (Fsp3) is 0.259. The molecule has 2 N–H and O–H groups in total. The van der Waals surface area contributed by atoms with E-state index in [2.05, 4.69) is 16.3 Å². The van der Waals surface area contributed by atoms with Gasteiger partial charge in [-0.15, -0.1) is 0 Å². The number of para-hydroxylation sites is 2. The highest BCUT2D eigenvalue weighted by Crippen LogP contribution is 2.32. The number of benzene rings is 2. The number of likely N-dealkylation sites (tertiary alicyclic amines) is 1. The van der Waals surface area contributed by atoms with Gasteiger partial charge >= 0.3 is 0 Å². The van der Waals surface area contributed by atoms with Crippen LogP contribution in [-0.2, 0) is 16.0 Å². The number of hydrogen-bond donors (Lipinski definition) is 2. The molecule has 4 aromatic rings. The standard InChI is InChI=1S/C27H26N4O3/c32-17-20-7-5-13-29(20)14-11-19-16-31(23-10-4-2-8-21(19)23)25-24(26(33)28-27(25)34)30-15-12-18-6-1-3-9-22(18)30/h1-4,6,8-10,12,15-16,20,32H,5,7,11,13-14,17H2,(H,28,33,34)/t20-/m1/s1. The number of carbonyl (C=O) groups excluding carboxylic acids is 2. The number of fused-ring (bicyclic) bond motifs is 2. The molecule has 7 heteroatoms. The quantitative estimate of drug-likeness (QED) is 0.439. The zero-order valence-corrected chi connectivity index (χ0v) is 18.8. The fourth-order valence-electron chi connectivity index (χ4n) is 5.46. The summed E-state index contributed by atoms with van der Waals surface area (Å²) in [6, 6.07) is 18.0. The van der Waals surface area contributed by atoms with Gasteiger partial charge in [-0.25, -0.2) is 0 Å².